The van der Waals surface area contributed by atoms with Crippen molar-refractivity contribution in [1.82, 2.24) is 0 Å². The number of benzene rings is 1. The molecule has 80 valence electrons. The van der Waals surface area contributed by atoms with Crippen molar-refractivity contribution in [3.8, 4) is 5.75 Å². The maximum Gasteiger partial charge on any atom is 0.153 e. The number of anilines is 1. The second-order valence-corrected chi connectivity index (χ2v) is 3.96. The minimum absolute atomic E-state index is 0.261. The lowest BCUT2D eigenvalue weighted by atomic mass is 10.2. The molecule has 0 bridgehead atoms. The van der Waals surface area contributed by atoms with Crippen LogP contribution in [0.4, 0.5) is 5.69 Å². The van der Waals surface area contributed by atoms with Crippen LogP contribution in [0.25, 0.3) is 0 Å². The Labute approximate surface area is 93.6 Å². The van der Waals surface area contributed by atoms with Crippen molar-refractivity contribution >= 4 is 23.1 Å². The third kappa shape index (κ3) is 2.07. The van der Waals surface area contributed by atoms with Gasteiger partial charge in [0, 0.05) is 18.0 Å². The van der Waals surface area contributed by atoms with Gasteiger partial charge in [0.15, 0.2) is 5.78 Å². The minimum Gasteiger partial charge on any atom is -0.495 e. The van der Waals surface area contributed by atoms with Gasteiger partial charge in [-0.15, -0.1) is 0 Å². The molecule has 1 aliphatic rings. The van der Waals surface area contributed by atoms with Gasteiger partial charge >= 0.3 is 0 Å². The Morgan fingerprint density at radius 3 is 2.87 bits per heavy atom. The maximum atomic E-state index is 11.2. The van der Waals surface area contributed by atoms with E-state index in [9.17, 15) is 4.79 Å². The van der Waals surface area contributed by atoms with E-state index in [2.05, 4.69) is 0 Å². The highest BCUT2D eigenvalue weighted by atomic mass is 35.5. The van der Waals surface area contributed by atoms with Crippen molar-refractivity contribution in [2.45, 2.75) is 6.42 Å². The van der Waals surface area contributed by atoms with E-state index in [0.29, 0.717) is 18.0 Å². The molecule has 0 atom stereocenters. The summed E-state index contributed by atoms with van der Waals surface area (Å²) in [4.78, 5) is 13.2. The summed E-state index contributed by atoms with van der Waals surface area (Å²) in [6.07, 6.45) is 0.607. The van der Waals surface area contributed by atoms with E-state index < -0.39 is 0 Å². The number of rotatable bonds is 2. The normalized spacial score (nSPS) is 15.9. The smallest absolute Gasteiger partial charge is 0.153 e. The van der Waals surface area contributed by atoms with Gasteiger partial charge in [-0.1, -0.05) is 11.6 Å². The van der Waals surface area contributed by atoms with Crippen LogP contribution >= 0.6 is 11.6 Å². The SMILES string of the molecule is COc1ccc(Cl)cc1N1CCC(=O)C1. The number of carbonyl (C=O) groups excluding carboxylic acids is 1. The molecule has 0 aliphatic carbocycles. The average molecular weight is 226 g/mol. The second-order valence-electron chi connectivity index (χ2n) is 3.53. The predicted octanol–water partition coefficient (Wildman–Crippen LogP) is 2.13. The van der Waals surface area contributed by atoms with Crippen LogP contribution in [0.5, 0.6) is 5.75 Å². The first-order valence-corrected chi connectivity index (χ1v) is 5.18. The topological polar surface area (TPSA) is 29.5 Å². The number of nitrogens with zero attached hydrogens (tertiary/aromatic N) is 1. The fourth-order valence-corrected chi connectivity index (χ4v) is 1.91. The monoisotopic (exact) mass is 225 g/mol. The van der Waals surface area contributed by atoms with Gasteiger partial charge in [-0.25, -0.2) is 0 Å². The van der Waals surface area contributed by atoms with Crippen LogP contribution in [-0.2, 0) is 4.79 Å². The molecule has 1 heterocycles. The summed E-state index contributed by atoms with van der Waals surface area (Å²) in [5, 5.41) is 0.658. The summed E-state index contributed by atoms with van der Waals surface area (Å²) in [6.45, 7) is 1.20. The first kappa shape index (κ1) is 10.3. The van der Waals surface area contributed by atoms with Crippen molar-refractivity contribution in [2.75, 3.05) is 25.1 Å². The van der Waals surface area contributed by atoms with Gasteiger partial charge in [-0.05, 0) is 18.2 Å². The number of hydrogen-bond donors (Lipinski definition) is 0. The molecular weight excluding hydrogens is 214 g/mol. The molecule has 15 heavy (non-hydrogen) atoms. The average Bonchev–Trinajstić information content (AvgIpc) is 2.65. The lowest BCUT2D eigenvalue weighted by Gasteiger charge is -2.19. The van der Waals surface area contributed by atoms with Crippen LogP contribution in [-0.4, -0.2) is 26.0 Å². The number of methoxy groups -OCH3 is 1. The van der Waals surface area contributed by atoms with Crippen LogP contribution in [0.15, 0.2) is 18.2 Å². The molecule has 0 radical (unpaired) electrons. The molecule has 0 aromatic heterocycles. The highest BCUT2D eigenvalue weighted by molar-refractivity contribution is 6.31. The number of carbonyl (C=O) groups is 1. The van der Waals surface area contributed by atoms with Gasteiger partial charge in [0.1, 0.15) is 5.75 Å². The van der Waals surface area contributed by atoms with Crippen LogP contribution in [0.2, 0.25) is 5.02 Å². The minimum atomic E-state index is 0.261. The summed E-state index contributed by atoms with van der Waals surface area (Å²) >= 11 is 5.92. The van der Waals surface area contributed by atoms with Gasteiger partial charge in [0.25, 0.3) is 0 Å². The van der Waals surface area contributed by atoms with Crippen molar-refractivity contribution in [3.63, 3.8) is 0 Å². The molecule has 0 spiro atoms. The summed E-state index contributed by atoms with van der Waals surface area (Å²) in [7, 11) is 1.62. The van der Waals surface area contributed by atoms with E-state index in [1.807, 2.05) is 17.0 Å². The quantitative estimate of drug-likeness (QED) is 0.772. The van der Waals surface area contributed by atoms with Crippen LogP contribution in [0.1, 0.15) is 6.42 Å². The molecule has 0 saturated carbocycles. The summed E-state index contributed by atoms with van der Waals surface area (Å²) < 4.78 is 5.24. The molecule has 3 nitrogen and oxygen atoms in total. The molecule has 2 rings (SSSR count). The number of hydrogen-bond acceptors (Lipinski definition) is 3. The lowest BCUT2D eigenvalue weighted by Crippen LogP contribution is -2.20. The Morgan fingerprint density at radius 2 is 2.27 bits per heavy atom. The highest BCUT2D eigenvalue weighted by Crippen LogP contribution is 2.32. The zero-order valence-corrected chi connectivity index (χ0v) is 9.25. The van der Waals surface area contributed by atoms with E-state index in [0.717, 1.165) is 18.0 Å². The van der Waals surface area contributed by atoms with Crippen molar-refractivity contribution in [1.29, 1.82) is 0 Å². The van der Waals surface area contributed by atoms with Gasteiger partial charge < -0.3 is 9.64 Å². The predicted molar refractivity (Wildman–Crippen MR) is 59.8 cm³/mol. The van der Waals surface area contributed by atoms with Crippen LogP contribution in [0, 0.1) is 0 Å². The summed E-state index contributed by atoms with van der Waals surface area (Å²) in [5.74, 6) is 1.02. The third-order valence-corrected chi connectivity index (χ3v) is 2.74. The third-order valence-electron chi connectivity index (χ3n) is 2.51. The van der Waals surface area contributed by atoms with Crippen molar-refractivity contribution in [2.24, 2.45) is 0 Å². The first-order valence-electron chi connectivity index (χ1n) is 4.81. The fourth-order valence-electron chi connectivity index (χ4n) is 1.75. The zero-order chi connectivity index (χ0) is 10.8. The molecular formula is C11H12ClNO2. The maximum absolute atomic E-state index is 11.2. The van der Waals surface area contributed by atoms with E-state index in [4.69, 9.17) is 16.3 Å². The van der Waals surface area contributed by atoms with Gasteiger partial charge in [0.2, 0.25) is 0 Å². The molecule has 1 aliphatic heterocycles. The summed E-state index contributed by atoms with van der Waals surface area (Å²) in [5.41, 5.74) is 0.899. The molecule has 1 aromatic carbocycles. The van der Waals surface area contributed by atoms with Gasteiger partial charge in [0.05, 0.1) is 19.3 Å². The standard InChI is InChI=1S/C11H12ClNO2/c1-15-11-3-2-8(12)6-10(11)13-5-4-9(14)7-13/h2-3,6H,4-5,7H2,1H3. The molecule has 0 unspecified atom stereocenters. The molecule has 0 amide bonds. The van der Waals surface area contributed by atoms with Gasteiger partial charge in [-0.2, -0.15) is 0 Å². The molecule has 1 fully saturated rings. The summed E-state index contributed by atoms with van der Waals surface area (Å²) in [6, 6.07) is 5.43. The van der Waals surface area contributed by atoms with Crippen LogP contribution < -0.4 is 9.64 Å². The molecule has 0 N–H and O–H groups in total. The van der Waals surface area contributed by atoms with E-state index >= 15 is 0 Å². The Kier molecular flexibility index (Phi) is 2.82. The second kappa shape index (κ2) is 4.11. The Morgan fingerprint density at radius 1 is 1.47 bits per heavy atom. The molecule has 1 saturated heterocycles. The first-order chi connectivity index (χ1) is 7.20. The number of ether oxygens (including phenoxy) is 1. The Bertz CT molecular complexity index is 392. The Hall–Kier alpha value is -1.22. The van der Waals surface area contributed by atoms with Crippen LogP contribution in [0.3, 0.4) is 0 Å². The zero-order valence-electron chi connectivity index (χ0n) is 8.50. The van der Waals surface area contributed by atoms with E-state index in [-0.39, 0.29) is 5.78 Å². The number of halogens is 1. The fraction of sp³-hybridized carbons (Fsp3) is 0.364. The van der Waals surface area contributed by atoms with E-state index in [1.54, 1.807) is 13.2 Å². The lowest BCUT2D eigenvalue weighted by molar-refractivity contribution is -0.116. The number of ketones is 1. The largest absolute Gasteiger partial charge is 0.495 e. The van der Waals surface area contributed by atoms with E-state index in [1.165, 1.54) is 0 Å². The van der Waals surface area contributed by atoms with Crippen molar-refractivity contribution in [3.05, 3.63) is 23.2 Å². The molecule has 4 heteroatoms. The van der Waals surface area contributed by atoms with Crippen molar-refractivity contribution < 1.29 is 9.53 Å². The highest BCUT2D eigenvalue weighted by Gasteiger charge is 2.22. The Balaban J connectivity index is 2.33. The van der Waals surface area contributed by atoms with Gasteiger partial charge in [-0.3, -0.25) is 4.79 Å². The number of Topliss-reactive ketones (excluding diaryl/α,β-unsaturated/α-hetero) is 1. The molecule has 1 aromatic rings.